The molecule has 2 aromatic rings. The number of carbonyl (C=O) groups is 2. The van der Waals surface area contributed by atoms with Gasteiger partial charge in [-0.25, -0.2) is 4.79 Å². The number of hydrogen-bond acceptors (Lipinski definition) is 4. The van der Waals surface area contributed by atoms with E-state index in [1.54, 1.807) is 11.7 Å². The Morgan fingerprint density at radius 3 is 2.62 bits per heavy atom. The van der Waals surface area contributed by atoms with Crippen LogP contribution in [0.1, 0.15) is 32.2 Å². The third-order valence-electron chi connectivity index (χ3n) is 2.99. The highest BCUT2D eigenvalue weighted by Gasteiger charge is 2.20. The fourth-order valence-corrected chi connectivity index (χ4v) is 2.08. The molecular formula is C13H17N5O3. The average Bonchev–Trinajstić information content (AvgIpc) is 2.93. The summed E-state index contributed by atoms with van der Waals surface area (Å²) >= 11 is 0. The van der Waals surface area contributed by atoms with Crippen LogP contribution in [-0.2, 0) is 13.6 Å². The number of aryl methyl sites for hydroxylation is 3. The number of carbonyl (C=O) groups excluding carboxylic acids is 1. The van der Waals surface area contributed by atoms with Gasteiger partial charge in [-0.3, -0.25) is 14.2 Å². The van der Waals surface area contributed by atoms with Crippen LogP contribution in [0.5, 0.6) is 0 Å². The van der Waals surface area contributed by atoms with E-state index in [0.29, 0.717) is 13.1 Å². The summed E-state index contributed by atoms with van der Waals surface area (Å²) in [5, 5.41) is 19.7. The van der Waals surface area contributed by atoms with Crippen LogP contribution >= 0.6 is 0 Å². The lowest BCUT2D eigenvalue weighted by molar-refractivity contribution is 0.0684. The second-order valence-electron chi connectivity index (χ2n) is 4.78. The fraction of sp³-hybridized carbons (Fsp3) is 0.385. The lowest BCUT2D eigenvalue weighted by Gasteiger charge is -2.06. The van der Waals surface area contributed by atoms with Crippen LogP contribution < -0.4 is 5.32 Å². The summed E-state index contributed by atoms with van der Waals surface area (Å²) in [4.78, 5) is 23.0. The first-order chi connectivity index (χ1) is 9.88. The molecule has 1 amide bonds. The van der Waals surface area contributed by atoms with Crippen molar-refractivity contribution in [1.29, 1.82) is 0 Å². The minimum atomic E-state index is -1.22. The van der Waals surface area contributed by atoms with E-state index in [4.69, 9.17) is 5.11 Å². The number of aromatic nitrogens is 4. The maximum Gasteiger partial charge on any atom is 0.357 e. The van der Waals surface area contributed by atoms with Gasteiger partial charge in [-0.05, 0) is 19.9 Å². The summed E-state index contributed by atoms with van der Waals surface area (Å²) in [6.45, 7) is 4.71. The van der Waals surface area contributed by atoms with Gasteiger partial charge in [-0.15, -0.1) is 0 Å². The third-order valence-corrected chi connectivity index (χ3v) is 2.99. The molecule has 2 N–H and O–H groups in total. The van der Waals surface area contributed by atoms with E-state index in [0.717, 1.165) is 11.4 Å². The van der Waals surface area contributed by atoms with Crippen molar-refractivity contribution in [2.24, 2.45) is 7.05 Å². The molecule has 0 atom stereocenters. The van der Waals surface area contributed by atoms with Crippen LogP contribution in [-0.4, -0.2) is 43.1 Å². The van der Waals surface area contributed by atoms with Crippen LogP contribution in [0.25, 0.3) is 0 Å². The van der Waals surface area contributed by atoms with Crippen molar-refractivity contribution in [1.82, 2.24) is 24.9 Å². The molecule has 0 saturated carbocycles. The topological polar surface area (TPSA) is 102 Å². The largest absolute Gasteiger partial charge is 0.476 e. The average molecular weight is 291 g/mol. The van der Waals surface area contributed by atoms with Crippen LogP contribution in [0.15, 0.2) is 12.3 Å². The monoisotopic (exact) mass is 291 g/mol. The van der Waals surface area contributed by atoms with E-state index < -0.39 is 11.9 Å². The van der Waals surface area contributed by atoms with E-state index in [1.807, 2.05) is 19.9 Å². The van der Waals surface area contributed by atoms with Gasteiger partial charge in [0.25, 0.3) is 5.91 Å². The first-order valence-corrected chi connectivity index (χ1v) is 6.44. The Kier molecular flexibility index (Phi) is 4.06. The Balaban J connectivity index is 1.99. The molecule has 0 fully saturated rings. The zero-order chi connectivity index (χ0) is 15.6. The second-order valence-corrected chi connectivity index (χ2v) is 4.78. The summed E-state index contributed by atoms with van der Waals surface area (Å²) in [5.74, 6) is -1.68. The molecule has 8 heteroatoms. The zero-order valence-electron chi connectivity index (χ0n) is 12.1. The minimum Gasteiger partial charge on any atom is -0.476 e. The molecule has 2 heterocycles. The molecule has 2 aromatic heterocycles. The molecule has 0 aromatic carbocycles. The Morgan fingerprint density at radius 2 is 2.05 bits per heavy atom. The highest BCUT2D eigenvalue weighted by molar-refractivity contribution is 6.03. The number of aromatic carboxylic acids is 1. The SMILES string of the molecule is Cc1cc(C)n(CCNC(=O)c2cn(C)nc2C(=O)O)n1. The number of amides is 1. The van der Waals surface area contributed by atoms with E-state index in [1.165, 1.54) is 10.9 Å². The van der Waals surface area contributed by atoms with E-state index in [2.05, 4.69) is 15.5 Å². The lowest BCUT2D eigenvalue weighted by atomic mass is 10.2. The third kappa shape index (κ3) is 3.28. The molecule has 0 aliphatic rings. The van der Waals surface area contributed by atoms with Crippen LogP contribution in [0, 0.1) is 13.8 Å². The van der Waals surface area contributed by atoms with Crippen molar-refractivity contribution < 1.29 is 14.7 Å². The Labute approximate surface area is 121 Å². The van der Waals surface area contributed by atoms with Gasteiger partial charge in [0.15, 0.2) is 5.69 Å². The maximum absolute atomic E-state index is 12.0. The number of rotatable bonds is 5. The predicted octanol–water partition coefficient (Wildman–Crippen LogP) is 0.362. The molecule has 8 nitrogen and oxygen atoms in total. The van der Waals surface area contributed by atoms with Gasteiger partial charge in [-0.1, -0.05) is 0 Å². The van der Waals surface area contributed by atoms with Gasteiger partial charge in [0, 0.05) is 25.5 Å². The summed E-state index contributed by atoms with van der Waals surface area (Å²) < 4.78 is 3.09. The molecule has 112 valence electrons. The molecule has 2 rings (SSSR count). The number of nitrogens with one attached hydrogen (secondary N) is 1. The molecular weight excluding hydrogens is 274 g/mol. The molecule has 0 bridgehead atoms. The number of hydrogen-bond donors (Lipinski definition) is 2. The molecule has 0 saturated heterocycles. The minimum absolute atomic E-state index is 0.0540. The number of carboxylic acid groups (broad SMARTS) is 1. The van der Waals surface area contributed by atoms with Crippen LogP contribution in [0.2, 0.25) is 0 Å². The summed E-state index contributed by atoms with van der Waals surface area (Å²) in [5.41, 5.74) is 1.73. The molecule has 0 aliphatic heterocycles. The van der Waals surface area contributed by atoms with Gasteiger partial charge in [0.1, 0.15) is 0 Å². The zero-order valence-corrected chi connectivity index (χ0v) is 12.1. The predicted molar refractivity (Wildman–Crippen MR) is 74.2 cm³/mol. The van der Waals surface area contributed by atoms with Gasteiger partial charge >= 0.3 is 5.97 Å². The van der Waals surface area contributed by atoms with Gasteiger partial charge in [0.2, 0.25) is 0 Å². The molecule has 0 unspecified atom stereocenters. The molecule has 0 radical (unpaired) electrons. The quantitative estimate of drug-likeness (QED) is 0.828. The summed E-state index contributed by atoms with van der Waals surface area (Å²) in [7, 11) is 1.57. The molecule has 0 aliphatic carbocycles. The Hall–Kier alpha value is -2.64. The van der Waals surface area contributed by atoms with Crippen molar-refractivity contribution in [2.45, 2.75) is 20.4 Å². The second kappa shape index (κ2) is 5.78. The van der Waals surface area contributed by atoms with Crippen molar-refractivity contribution in [3.63, 3.8) is 0 Å². The fourth-order valence-electron chi connectivity index (χ4n) is 2.08. The highest BCUT2D eigenvalue weighted by Crippen LogP contribution is 2.06. The van der Waals surface area contributed by atoms with Crippen LogP contribution in [0.3, 0.4) is 0 Å². The first kappa shape index (κ1) is 14.8. The number of carboxylic acids is 1. The van der Waals surface area contributed by atoms with Gasteiger partial charge < -0.3 is 10.4 Å². The van der Waals surface area contributed by atoms with Gasteiger partial charge in [0.05, 0.1) is 17.8 Å². The van der Waals surface area contributed by atoms with E-state index >= 15 is 0 Å². The summed E-state index contributed by atoms with van der Waals surface area (Å²) in [6.07, 6.45) is 1.39. The first-order valence-electron chi connectivity index (χ1n) is 6.44. The lowest BCUT2D eigenvalue weighted by Crippen LogP contribution is -2.28. The number of nitrogens with zero attached hydrogens (tertiary/aromatic N) is 4. The smallest absolute Gasteiger partial charge is 0.357 e. The van der Waals surface area contributed by atoms with E-state index in [9.17, 15) is 9.59 Å². The molecule has 21 heavy (non-hydrogen) atoms. The van der Waals surface area contributed by atoms with Gasteiger partial charge in [-0.2, -0.15) is 10.2 Å². The Bertz CT molecular complexity index is 686. The Morgan fingerprint density at radius 1 is 1.33 bits per heavy atom. The highest BCUT2D eigenvalue weighted by atomic mass is 16.4. The van der Waals surface area contributed by atoms with Crippen LogP contribution in [0.4, 0.5) is 0 Å². The normalized spacial score (nSPS) is 10.6. The maximum atomic E-state index is 12.0. The molecule has 0 spiro atoms. The standard InChI is InChI=1S/C13H17N5O3/c1-8-6-9(2)18(15-8)5-4-14-12(19)10-7-17(3)16-11(10)13(20)21/h6-7H,4-5H2,1-3H3,(H,14,19)(H,20,21). The van der Waals surface area contributed by atoms with Crippen molar-refractivity contribution >= 4 is 11.9 Å². The van der Waals surface area contributed by atoms with Crippen molar-refractivity contribution in [3.05, 3.63) is 34.9 Å². The van der Waals surface area contributed by atoms with E-state index in [-0.39, 0.29) is 11.3 Å². The van der Waals surface area contributed by atoms with Crippen molar-refractivity contribution in [2.75, 3.05) is 6.54 Å². The summed E-state index contributed by atoms with van der Waals surface area (Å²) in [6, 6.07) is 1.95. The van der Waals surface area contributed by atoms with Crippen molar-refractivity contribution in [3.8, 4) is 0 Å².